The van der Waals surface area contributed by atoms with Crippen LogP contribution in [0.5, 0.6) is 0 Å². The summed E-state index contributed by atoms with van der Waals surface area (Å²) in [7, 11) is 2.07. The Balaban J connectivity index is 1.82. The van der Waals surface area contributed by atoms with Crippen molar-refractivity contribution in [3.05, 3.63) is 30.3 Å². The zero-order valence-corrected chi connectivity index (χ0v) is 9.37. The van der Waals surface area contributed by atoms with Gasteiger partial charge in [0, 0.05) is 17.8 Å². The second-order valence-electron chi connectivity index (χ2n) is 4.35. The highest BCUT2D eigenvalue weighted by atomic mass is 14.9. The van der Waals surface area contributed by atoms with E-state index in [0.29, 0.717) is 6.04 Å². The molecule has 0 bridgehead atoms. The lowest BCUT2D eigenvalue weighted by Crippen LogP contribution is -2.34. The number of hydrogen-bond donors (Lipinski definition) is 2. The number of anilines is 1. The van der Waals surface area contributed by atoms with Gasteiger partial charge >= 0.3 is 0 Å². The third-order valence-electron chi connectivity index (χ3n) is 3.28. The lowest BCUT2D eigenvalue weighted by molar-refractivity contribution is 0.371. The summed E-state index contributed by atoms with van der Waals surface area (Å²) >= 11 is 0. The molecule has 82 valence electrons. The van der Waals surface area contributed by atoms with Crippen LogP contribution in [-0.4, -0.2) is 19.1 Å². The van der Waals surface area contributed by atoms with Crippen LogP contribution < -0.4 is 10.6 Å². The van der Waals surface area contributed by atoms with Crippen LogP contribution in [0.15, 0.2) is 30.3 Å². The summed E-state index contributed by atoms with van der Waals surface area (Å²) in [4.78, 5) is 0. The minimum absolute atomic E-state index is 0.664. The van der Waals surface area contributed by atoms with Crippen molar-refractivity contribution >= 4 is 5.69 Å². The molecule has 0 atom stereocenters. The molecular formula is C13H20N2. The molecule has 1 aliphatic rings. The van der Waals surface area contributed by atoms with Crippen LogP contribution in [0.4, 0.5) is 5.69 Å². The molecule has 0 heterocycles. The average molecular weight is 204 g/mol. The largest absolute Gasteiger partial charge is 0.382 e. The second kappa shape index (κ2) is 5.17. The first kappa shape index (κ1) is 10.5. The van der Waals surface area contributed by atoms with Gasteiger partial charge in [0.15, 0.2) is 0 Å². The lowest BCUT2D eigenvalue weighted by atomic mass is 9.91. The lowest BCUT2D eigenvalue weighted by Gasteiger charge is -2.29. The first-order valence-electron chi connectivity index (χ1n) is 5.87. The molecular weight excluding hydrogens is 184 g/mol. The molecule has 0 aliphatic heterocycles. The second-order valence-corrected chi connectivity index (χ2v) is 4.35. The molecule has 2 heteroatoms. The molecule has 0 aromatic heterocycles. The van der Waals surface area contributed by atoms with E-state index in [1.54, 1.807) is 0 Å². The summed E-state index contributed by atoms with van der Waals surface area (Å²) in [5, 5.41) is 6.96. The van der Waals surface area contributed by atoms with Gasteiger partial charge in [-0.1, -0.05) is 18.2 Å². The SMILES string of the molecule is CNC1CCC(Nc2ccccc2)CC1. The van der Waals surface area contributed by atoms with E-state index in [9.17, 15) is 0 Å². The van der Waals surface area contributed by atoms with Crippen molar-refractivity contribution in [3.63, 3.8) is 0 Å². The maximum Gasteiger partial charge on any atom is 0.0342 e. The molecule has 2 N–H and O–H groups in total. The van der Waals surface area contributed by atoms with Crippen molar-refractivity contribution in [2.75, 3.05) is 12.4 Å². The van der Waals surface area contributed by atoms with E-state index in [-0.39, 0.29) is 0 Å². The number of hydrogen-bond acceptors (Lipinski definition) is 2. The molecule has 15 heavy (non-hydrogen) atoms. The Morgan fingerprint density at radius 3 is 2.13 bits per heavy atom. The van der Waals surface area contributed by atoms with E-state index in [1.807, 2.05) is 0 Å². The monoisotopic (exact) mass is 204 g/mol. The van der Waals surface area contributed by atoms with Gasteiger partial charge in [0.05, 0.1) is 0 Å². The first-order valence-corrected chi connectivity index (χ1v) is 5.87. The Bertz CT molecular complexity index is 276. The zero-order chi connectivity index (χ0) is 10.5. The van der Waals surface area contributed by atoms with Gasteiger partial charge in [-0.2, -0.15) is 0 Å². The van der Waals surface area contributed by atoms with Gasteiger partial charge in [-0.15, -0.1) is 0 Å². The van der Waals surface area contributed by atoms with Crippen LogP contribution in [0.25, 0.3) is 0 Å². The Morgan fingerprint density at radius 2 is 1.53 bits per heavy atom. The van der Waals surface area contributed by atoms with Crippen LogP contribution >= 0.6 is 0 Å². The molecule has 0 spiro atoms. The Morgan fingerprint density at radius 1 is 0.933 bits per heavy atom. The molecule has 1 aliphatic carbocycles. The van der Waals surface area contributed by atoms with Crippen molar-refractivity contribution in [1.29, 1.82) is 0 Å². The van der Waals surface area contributed by atoms with Crippen molar-refractivity contribution in [2.45, 2.75) is 37.8 Å². The molecule has 2 nitrogen and oxygen atoms in total. The highest BCUT2D eigenvalue weighted by Gasteiger charge is 2.19. The third kappa shape index (κ3) is 2.96. The zero-order valence-electron chi connectivity index (χ0n) is 9.37. The van der Waals surface area contributed by atoms with E-state index in [1.165, 1.54) is 31.4 Å². The normalized spacial score (nSPS) is 26.2. The molecule has 1 aromatic rings. The summed E-state index contributed by atoms with van der Waals surface area (Å²) in [5.41, 5.74) is 1.26. The molecule has 1 fully saturated rings. The molecule has 0 radical (unpaired) electrons. The Kier molecular flexibility index (Phi) is 3.62. The average Bonchev–Trinajstić information content (AvgIpc) is 2.31. The fraction of sp³-hybridized carbons (Fsp3) is 0.538. The predicted octanol–water partition coefficient (Wildman–Crippen LogP) is 2.63. The van der Waals surface area contributed by atoms with E-state index in [0.717, 1.165) is 6.04 Å². The maximum atomic E-state index is 3.60. The predicted molar refractivity (Wildman–Crippen MR) is 65.2 cm³/mol. The van der Waals surface area contributed by atoms with Crippen molar-refractivity contribution < 1.29 is 0 Å². The minimum Gasteiger partial charge on any atom is -0.382 e. The number of rotatable bonds is 3. The van der Waals surface area contributed by atoms with Crippen molar-refractivity contribution in [3.8, 4) is 0 Å². The summed E-state index contributed by atoms with van der Waals surface area (Å²) in [5.74, 6) is 0. The topological polar surface area (TPSA) is 24.1 Å². The number of benzene rings is 1. The van der Waals surface area contributed by atoms with Gasteiger partial charge in [0.1, 0.15) is 0 Å². The molecule has 0 amide bonds. The van der Waals surface area contributed by atoms with Gasteiger partial charge in [0.2, 0.25) is 0 Å². The first-order chi connectivity index (χ1) is 7.38. The van der Waals surface area contributed by atoms with Crippen LogP contribution in [0.3, 0.4) is 0 Å². The fourth-order valence-corrected chi connectivity index (χ4v) is 2.30. The van der Waals surface area contributed by atoms with Gasteiger partial charge in [-0.05, 0) is 44.9 Å². The third-order valence-corrected chi connectivity index (χ3v) is 3.28. The van der Waals surface area contributed by atoms with Gasteiger partial charge in [-0.25, -0.2) is 0 Å². The van der Waals surface area contributed by atoms with Crippen molar-refractivity contribution in [1.82, 2.24) is 5.32 Å². The van der Waals surface area contributed by atoms with Crippen LogP contribution in [0.1, 0.15) is 25.7 Å². The molecule has 0 saturated heterocycles. The molecule has 1 saturated carbocycles. The minimum atomic E-state index is 0.664. The van der Waals surface area contributed by atoms with Gasteiger partial charge in [0.25, 0.3) is 0 Å². The number of para-hydroxylation sites is 1. The summed E-state index contributed by atoms with van der Waals surface area (Å²) in [6.07, 6.45) is 5.14. The van der Waals surface area contributed by atoms with Crippen LogP contribution in [-0.2, 0) is 0 Å². The van der Waals surface area contributed by atoms with Crippen molar-refractivity contribution in [2.24, 2.45) is 0 Å². The summed E-state index contributed by atoms with van der Waals surface area (Å²) in [6, 6.07) is 11.9. The van der Waals surface area contributed by atoms with E-state index < -0.39 is 0 Å². The maximum absolute atomic E-state index is 3.60. The van der Waals surface area contributed by atoms with Gasteiger partial charge < -0.3 is 10.6 Å². The number of nitrogens with one attached hydrogen (secondary N) is 2. The van der Waals surface area contributed by atoms with E-state index in [4.69, 9.17) is 0 Å². The molecule has 0 unspecified atom stereocenters. The smallest absolute Gasteiger partial charge is 0.0342 e. The van der Waals surface area contributed by atoms with E-state index in [2.05, 4.69) is 48.0 Å². The molecule has 2 rings (SSSR count). The standard InChI is InChI=1S/C13H20N2/c1-14-11-7-9-13(10-8-11)15-12-5-3-2-4-6-12/h2-6,11,13-15H,7-10H2,1H3. The van der Waals surface area contributed by atoms with Gasteiger partial charge in [-0.3, -0.25) is 0 Å². The highest BCUT2D eigenvalue weighted by Crippen LogP contribution is 2.21. The van der Waals surface area contributed by atoms with Crippen LogP contribution in [0, 0.1) is 0 Å². The fourth-order valence-electron chi connectivity index (χ4n) is 2.30. The van der Waals surface area contributed by atoms with E-state index >= 15 is 0 Å². The Hall–Kier alpha value is -1.02. The highest BCUT2D eigenvalue weighted by molar-refractivity contribution is 5.43. The summed E-state index contributed by atoms with van der Waals surface area (Å²) in [6.45, 7) is 0. The summed E-state index contributed by atoms with van der Waals surface area (Å²) < 4.78 is 0. The van der Waals surface area contributed by atoms with Crippen LogP contribution in [0.2, 0.25) is 0 Å². The Labute approximate surface area is 92.1 Å². The molecule has 1 aromatic carbocycles. The quantitative estimate of drug-likeness (QED) is 0.791.